The summed E-state index contributed by atoms with van der Waals surface area (Å²) in [5, 5.41) is 11.4. The van der Waals surface area contributed by atoms with Crippen LogP contribution in [0.4, 0.5) is 0 Å². The van der Waals surface area contributed by atoms with E-state index in [-0.39, 0.29) is 17.3 Å². The van der Waals surface area contributed by atoms with Crippen LogP contribution < -0.4 is 5.32 Å². The second kappa shape index (κ2) is 8.43. The molecule has 0 atom stereocenters. The van der Waals surface area contributed by atoms with Gasteiger partial charge in [-0.2, -0.15) is 0 Å². The van der Waals surface area contributed by atoms with Crippen molar-refractivity contribution in [3.63, 3.8) is 0 Å². The highest BCUT2D eigenvalue weighted by Gasteiger charge is 2.13. The molecule has 1 fully saturated rings. The van der Waals surface area contributed by atoms with Gasteiger partial charge in [0.25, 0.3) is 5.91 Å². The van der Waals surface area contributed by atoms with Crippen LogP contribution in [0.15, 0.2) is 12.4 Å². The molecule has 7 heteroatoms. The van der Waals surface area contributed by atoms with E-state index in [1.165, 1.54) is 19.3 Å². The third-order valence-electron chi connectivity index (χ3n) is 3.62. The van der Waals surface area contributed by atoms with Gasteiger partial charge in [0.1, 0.15) is 5.69 Å². The highest BCUT2D eigenvalue weighted by molar-refractivity contribution is 5.92. The number of carboxylic acid groups (broad SMARTS) is 1. The molecule has 0 unspecified atom stereocenters. The van der Waals surface area contributed by atoms with Gasteiger partial charge in [-0.1, -0.05) is 19.3 Å². The van der Waals surface area contributed by atoms with E-state index in [0.29, 0.717) is 19.3 Å². The van der Waals surface area contributed by atoms with Crippen molar-refractivity contribution in [1.82, 2.24) is 15.3 Å². The standard InChI is InChI=1S/C15H21N3O4/c19-14(12-9-18-13(10-17-12)15(20)21)16-7-4-8-22-11-5-2-1-3-6-11/h9-11H,1-8H2,(H,16,19)(H,20,21). The van der Waals surface area contributed by atoms with Crippen molar-refractivity contribution in [1.29, 1.82) is 0 Å². The molecule has 1 aromatic rings. The van der Waals surface area contributed by atoms with Gasteiger partial charge in [-0.15, -0.1) is 0 Å². The van der Waals surface area contributed by atoms with Gasteiger partial charge in [-0.05, 0) is 19.3 Å². The molecule has 1 aliphatic carbocycles. The first-order chi connectivity index (χ1) is 10.7. The van der Waals surface area contributed by atoms with Crippen molar-refractivity contribution in [2.45, 2.75) is 44.6 Å². The summed E-state index contributed by atoms with van der Waals surface area (Å²) in [6, 6.07) is 0. The minimum atomic E-state index is -1.17. The average Bonchev–Trinajstić information content (AvgIpc) is 2.55. The first-order valence-electron chi connectivity index (χ1n) is 7.62. The van der Waals surface area contributed by atoms with Gasteiger partial charge in [0, 0.05) is 13.2 Å². The van der Waals surface area contributed by atoms with Crippen molar-refractivity contribution in [2.75, 3.05) is 13.2 Å². The summed E-state index contributed by atoms with van der Waals surface area (Å²) in [5.74, 6) is -1.53. The molecule has 0 saturated heterocycles. The second-order valence-electron chi connectivity index (χ2n) is 5.33. The van der Waals surface area contributed by atoms with Crippen LogP contribution in [-0.2, 0) is 4.74 Å². The monoisotopic (exact) mass is 307 g/mol. The van der Waals surface area contributed by atoms with Gasteiger partial charge in [0.05, 0.1) is 18.5 Å². The van der Waals surface area contributed by atoms with E-state index in [0.717, 1.165) is 31.7 Å². The molecular weight excluding hydrogens is 286 g/mol. The summed E-state index contributed by atoms with van der Waals surface area (Å²) in [5.41, 5.74) is -0.0735. The molecule has 0 spiro atoms. The van der Waals surface area contributed by atoms with E-state index in [1.54, 1.807) is 0 Å². The number of nitrogens with zero attached hydrogens (tertiary/aromatic N) is 2. The molecule has 0 aromatic carbocycles. The Labute approximate surface area is 129 Å². The maximum Gasteiger partial charge on any atom is 0.356 e. The fourth-order valence-corrected chi connectivity index (χ4v) is 2.40. The highest BCUT2D eigenvalue weighted by atomic mass is 16.5. The molecule has 2 rings (SSSR count). The maximum absolute atomic E-state index is 11.8. The Morgan fingerprint density at radius 3 is 2.50 bits per heavy atom. The minimum Gasteiger partial charge on any atom is -0.476 e. The van der Waals surface area contributed by atoms with Crippen LogP contribution in [0.5, 0.6) is 0 Å². The van der Waals surface area contributed by atoms with E-state index in [4.69, 9.17) is 9.84 Å². The third kappa shape index (κ3) is 5.07. The zero-order chi connectivity index (χ0) is 15.8. The molecule has 0 bridgehead atoms. The molecule has 22 heavy (non-hydrogen) atoms. The number of rotatable bonds is 7. The SMILES string of the molecule is O=C(O)c1cnc(C(=O)NCCCOC2CCCCC2)cn1. The number of carbonyl (C=O) groups is 2. The number of hydrogen-bond donors (Lipinski definition) is 2. The lowest BCUT2D eigenvalue weighted by atomic mass is 9.98. The van der Waals surface area contributed by atoms with E-state index >= 15 is 0 Å². The summed E-state index contributed by atoms with van der Waals surface area (Å²) >= 11 is 0. The average molecular weight is 307 g/mol. The molecular formula is C15H21N3O4. The van der Waals surface area contributed by atoms with Gasteiger partial charge in [0.2, 0.25) is 0 Å². The zero-order valence-electron chi connectivity index (χ0n) is 12.5. The van der Waals surface area contributed by atoms with Crippen LogP contribution in [0, 0.1) is 0 Å². The van der Waals surface area contributed by atoms with Crippen LogP contribution >= 0.6 is 0 Å². The Morgan fingerprint density at radius 2 is 1.86 bits per heavy atom. The molecule has 0 radical (unpaired) electrons. The van der Waals surface area contributed by atoms with E-state index < -0.39 is 5.97 Å². The minimum absolute atomic E-state index is 0.109. The Bertz CT molecular complexity index is 498. The molecule has 1 saturated carbocycles. The van der Waals surface area contributed by atoms with E-state index in [1.807, 2.05) is 0 Å². The largest absolute Gasteiger partial charge is 0.476 e. The van der Waals surface area contributed by atoms with Gasteiger partial charge >= 0.3 is 5.97 Å². The lowest BCUT2D eigenvalue weighted by Crippen LogP contribution is -2.27. The molecule has 1 aromatic heterocycles. The normalized spacial score (nSPS) is 15.5. The molecule has 2 N–H and O–H groups in total. The Hall–Kier alpha value is -2.02. The number of amides is 1. The predicted octanol–water partition coefficient (Wildman–Crippen LogP) is 1.64. The first-order valence-corrected chi connectivity index (χ1v) is 7.62. The van der Waals surface area contributed by atoms with Gasteiger partial charge in [-0.25, -0.2) is 14.8 Å². The summed E-state index contributed by atoms with van der Waals surface area (Å²) < 4.78 is 5.77. The smallest absolute Gasteiger partial charge is 0.356 e. The third-order valence-corrected chi connectivity index (χ3v) is 3.62. The number of carbonyl (C=O) groups excluding carboxylic acids is 1. The fraction of sp³-hybridized carbons (Fsp3) is 0.600. The van der Waals surface area contributed by atoms with E-state index in [9.17, 15) is 9.59 Å². The predicted molar refractivity (Wildman–Crippen MR) is 78.8 cm³/mol. The van der Waals surface area contributed by atoms with Crippen molar-refractivity contribution in [2.24, 2.45) is 0 Å². The molecule has 120 valence electrons. The van der Waals surface area contributed by atoms with Gasteiger partial charge < -0.3 is 15.2 Å². The summed E-state index contributed by atoms with van der Waals surface area (Å²) in [6.07, 6.45) is 9.41. The maximum atomic E-state index is 11.8. The van der Waals surface area contributed by atoms with Crippen molar-refractivity contribution in [3.8, 4) is 0 Å². The number of carboxylic acids is 1. The van der Waals surface area contributed by atoms with Crippen LogP contribution in [0.25, 0.3) is 0 Å². The van der Waals surface area contributed by atoms with Gasteiger partial charge in [0.15, 0.2) is 5.69 Å². The second-order valence-corrected chi connectivity index (χ2v) is 5.33. The van der Waals surface area contributed by atoms with Crippen LogP contribution in [-0.4, -0.2) is 46.2 Å². The Kier molecular flexibility index (Phi) is 6.27. The lowest BCUT2D eigenvalue weighted by molar-refractivity contribution is 0.0273. The first kappa shape index (κ1) is 16.4. The molecule has 7 nitrogen and oxygen atoms in total. The zero-order valence-corrected chi connectivity index (χ0v) is 12.5. The van der Waals surface area contributed by atoms with Crippen molar-refractivity contribution in [3.05, 3.63) is 23.8 Å². The van der Waals surface area contributed by atoms with Crippen molar-refractivity contribution < 1.29 is 19.4 Å². The summed E-state index contributed by atoms with van der Waals surface area (Å²) in [6.45, 7) is 1.13. The molecule has 1 aliphatic rings. The van der Waals surface area contributed by atoms with Crippen LogP contribution in [0.3, 0.4) is 0 Å². The molecule has 0 aliphatic heterocycles. The number of hydrogen-bond acceptors (Lipinski definition) is 5. The number of aromatic carboxylic acids is 1. The summed E-state index contributed by atoms with van der Waals surface area (Å²) in [7, 11) is 0. The topological polar surface area (TPSA) is 101 Å². The molecule has 1 amide bonds. The number of aromatic nitrogens is 2. The Morgan fingerprint density at radius 1 is 1.18 bits per heavy atom. The number of nitrogens with one attached hydrogen (secondary N) is 1. The molecule has 1 heterocycles. The quantitative estimate of drug-likeness (QED) is 0.743. The number of ether oxygens (including phenoxy) is 1. The van der Waals surface area contributed by atoms with Gasteiger partial charge in [-0.3, -0.25) is 4.79 Å². The Balaban J connectivity index is 1.63. The van der Waals surface area contributed by atoms with Crippen molar-refractivity contribution >= 4 is 11.9 Å². The summed E-state index contributed by atoms with van der Waals surface area (Å²) in [4.78, 5) is 29.9. The highest BCUT2D eigenvalue weighted by Crippen LogP contribution is 2.20. The van der Waals surface area contributed by atoms with E-state index in [2.05, 4.69) is 15.3 Å². The lowest BCUT2D eigenvalue weighted by Gasteiger charge is -2.21. The van der Waals surface area contributed by atoms with Crippen LogP contribution in [0.2, 0.25) is 0 Å². The fourth-order valence-electron chi connectivity index (χ4n) is 2.40. The van der Waals surface area contributed by atoms with Crippen LogP contribution in [0.1, 0.15) is 59.5 Å².